The Labute approximate surface area is 156 Å². The number of halogens is 1. The van der Waals surface area contributed by atoms with Crippen molar-refractivity contribution in [1.82, 2.24) is 15.0 Å². The van der Waals surface area contributed by atoms with E-state index < -0.39 is 0 Å². The first-order valence-electron chi connectivity index (χ1n) is 8.72. The van der Waals surface area contributed by atoms with E-state index >= 15 is 0 Å². The molecule has 0 saturated carbocycles. The van der Waals surface area contributed by atoms with E-state index in [9.17, 15) is 4.39 Å². The molecule has 136 valence electrons. The predicted octanol–water partition coefficient (Wildman–Crippen LogP) is 4.14. The number of aromatic amines is 1. The number of thioether (sulfide) groups is 1. The summed E-state index contributed by atoms with van der Waals surface area (Å²) < 4.78 is 19.6. The van der Waals surface area contributed by atoms with Gasteiger partial charge in [0.1, 0.15) is 5.82 Å². The molecule has 4 rings (SSSR count). The molecule has 1 aliphatic heterocycles. The largest absolute Gasteiger partial charge is 0.380 e. The highest BCUT2D eigenvalue weighted by Crippen LogP contribution is 2.30. The van der Waals surface area contributed by atoms with Crippen molar-refractivity contribution in [2.24, 2.45) is 0 Å². The molecule has 0 aliphatic carbocycles. The normalized spacial score (nSPS) is 14.5. The van der Waals surface area contributed by atoms with Crippen LogP contribution < -0.4 is 4.90 Å². The van der Waals surface area contributed by atoms with E-state index in [0.717, 1.165) is 53.4 Å². The predicted molar refractivity (Wildman–Crippen MR) is 102 cm³/mol. The Kier molecular flexibility index (Phi) is 5.08. The third-order valence-electron chi connectivity index (χ3n) is 4.52. The second kappa shape index (κ2) is 7.63. The van der Waals surface area contributed by atoms with E-state index in [1.54, 1.807) is 31.1 Å². The van der Waals surface area contributed by atoms with E-state index in [-0.39, 0.29) is 5.82 Å². The van der Waals surface area contributed by atoms with Gasteiger partial charge in [0.2, 0.25) is 0 Å². The lowest BCUT2D eigenvalue weighted by Crippen LogP contribution is -2.18. The molecule has 1 aliphatic rings. The van der Waals surface area contributed by atoms with E-state index in [4.69, 9.17) is 4.74 Å². The molecule has 5 nitrogen and oxygen atoms in total. The number of aromatic nitrogens is 3. The zero-order valence-electron chi connectivity index (χ0n) is 14.7. The van der Waals surface area contributed by atoms with E-state index in [0.29, 0.717) is 18.0 Å². The molecule has 3 heterocycles. The van der Waals surface area contributed by atoms with Crippen molar-refractivity contribution in [3.05, 3.63) is 47.5 Å². The second-order valence-corrected chi connectivity index (χ2v) is 7.40. The first kappa shape index (κ1) is 17.3. The van der Waals surface area contributed by atoms with Crippen molar-refractivity contribution < 1.29 is 9.13 Å². The number of methoxy groups -OCH3 is 1. The molecule has 7 heteroatoms. The Morgan fingerprint density at radius 3 is 2.92 bits per heavy atom. The van der Waals surface area contributed by atoms with Gasteiger partial charge in [0, 0.05) is 38.2 Å². The van der Waals surface area contributed by atoms with Gasteiger partial charge in [-0.05, 0) is 36.6 Å². The number of hydrogen-bond donors (Lipinski definition) is 1. The summed E-state index contributed by atoms with van der Waals surface area (Å²) in [4.78, 5) is 14.3. The Hall–Kier alpha value is -2.12. The highest BCUT2D eigenvalue weighted by Gasteiger charge is 2.18. The zero-order valence-corrected chi connectivity index (χ0v) is 15.5. The number of rotatable bonds is 6. The number of benzene rings is 1. The molecule has 0 radical (unpaired) electrons. The number of hydrogen-bond acceptors (Lipinski definition) is 5. The summed E-state index contributed by atoms with van der Waals surface area (Å²) in [5.74, 6) is 0.507. The number of ether oxygens (including phenoxy) is 1. The number of nitrogens with zero attached hydrogens (tertiary/aromatic N) is 3. The molecular weight excluding hydrogens is 351 g/mol. The zero-order chi connectivity index (χ0) is 17.9. The lowest BCUT2D eigenvalue weighted by Gasteiger charge is -2.17. The molecule has 1 aromatic carbocycles. The van der Waals surface area contributed by atoms with Crippen LogP contribution in [0.4, 0.5) is 10.1 Å². The van der Waals surface area contributed by atoms with Crippen molar-refractivity contribution in [3.63, 3.8) is 0 Å². The van der Waals surface area contributed by atoms with Gasteiger partial charge in [-0.1, -0.05) is 11.8 Å². The molecular formula is C19H21FN4OS. The maximum atomic E-state index is 14.4. The minimum atomic E-state index is -0.187. The summed E-state index contributed by atoms with van der Waals surface area (Å²) in [7, 11) is 1.68. The average molecular weight is 372 g/mol. The fraction of sp³-hybridized carbons (Fsp3) is 0.368. The van der Waals surface area contributed by atoms with Crippen molar-refractivity contribution in [1.29, 1.82) is 0 Å². The second-order valence-electron chi connectivity index (χ2n) is 6.43. The lowest BCUT2D eigenvalue weighted by atomic mass is 10.2. The van der Waals surface area contributed by atoms with Crippen LogP contribution in [0.3, 0.4) is 0 Å². The van der Waals surface area contributed by atoms with Crippen LogP contribution in [0.1, 0.15) is 24.1 Å². The number of pyridine rings is 1. The topological polar surface area (TPSA) is 54.0 Å². The Bertz CT molecular complexity index is 908. The molecule has 26 heavy (non-hydrogen) atoms. The van der Waals surface area contributed by atoms with Gasteiger partial charge in [0.15, 0.2) is 5.16 Å². The summed E-state index contributed by atoms with van der Waals surface area (Å²) in [6.45, 7) is 2.40. The van der Waals surface area contributed by atoms with Crippen molar-refractivity contribution in [2.75, 3.05) is 25.1 Å². The monoisotopic (exact) mass is 372 g/mol. The van der Waals surface area contributed by atoms with Crippen LogP contribution in [0.25, 0.3) is 11.0 Å². The van der Waals surface area contributed by atoms with E-state index in [1.807, 2.05) is 18.2 Å². The van der Waals surface area contributed by atoms with Crippen molar-refractivity contribution in [3.8, 4) is 0 Å². The molecule has 1 fully saturated rings. The van der Waals surface area contributed by atoms with E-state index in [1.165, 1.54) is 0 Å². The number of anilines is 1. The van der Waals surface area contributed by atoms with Gasteiger partial charge >= 0.3 is 0 Å². The van der Waals surface area contributed by atoms with Crippen molar-refractivity contribution >= 4 is 28.5 Å². The van der Waals surface area contributed by atoms with Gasteiger partial charge in [0.05, 0.1) is 29.0 Å². The van der Waals surface area contributed by atoms with Crippen LogP contribution in [0, 0.1) is 5.82 Å². The van der Waals surface area contributed by atoms with Crippen LogP contribution in [0.5, 0.6) is 0 Å². The summed E-state index contributed by atoms with van der Waals surface area (Å²) in [6.07, 6.45) is 4.03. The Balaban J connectivity index is 1.51. The van der Waals surface area contributed by atoms with Gasteiger partial charge in [0.25, 0.3) is 0 Å². The highest BCUT2D eigenvalue weighted by atomic mass is 32.2. The van der Waals surface area contributed by atoms with E-state index in [2.05, 4.69) is 19.9 Å². The third-order valence-corrected chi connectivity index (χ3v) is 5.43. The maximum Gasteiger partial charge on any atom is 0.166 e. The molecule has 2 aromatic heterocycles. The molecule has 1 N–H and O–H groups in total. The smallest absolute Gasteiger partial charge is 0.166 e. The summed E-state index contributed by atoms with van der Waals surface area (Å²) in [5.41, 5.74) is 4.26. The summed E-state index contributed by atoms with van der Waals surface area (Å²) in [5, 5.41) is 0.775. The van der Waals surface area contributed by atoms with Crippen LogP contribution in [-0.4, -0.2) is 35.2 Å². The number of imidazole rings is 1. The van der Waals surface area contributed by atoms with Crippen LogP contribution >= 0.6 is 11.8 Å². The molecule has 3 aromatic rings. The molecule has 0 amide bonds. The maximum absolute atomic E-state index is 14.4. The fourth-order valence-electron chi connectivity index (χ4n) is 3.27. The van der Waals surface area contributed by atoms with Gasteiger partial charge in [-0.15, -0.1) is 0 Å². The van der Waals surface area contributed by atoms with Crippen LogP contribution in [0.15, 0.2) is 35.6 Å². The molecule has 0 spiro atoms. The SMILES string of the molecule is COCc1ccnc(CSc2nc3cc(N4CCCC4)c(F)cc3[nH]2)c1. The minimum absolute atomic E-state index is 0.187. The lowest BCUT2D eigenvalue weighted by molar-refractivity contribution is 0.185. The third kappa shape index (κ3) is 3.68. The first-order chi connectivity index (χ1) is 12.7. The number of nitrogens with one attached hydrogen (secondary N) is 1. The minimum Gasteiger partial charge on any atom is -0.380 e. The average Bonchev–Trinajstić information content (AvgIpc) is 3.29. The summed E-state index contributed by atoms with van der Waals surface area (Å²) >= 11 is 1.56. The van der Waals surface area contributed by atoms with Crippen LogP contribution in [-0.2, 0) is 17.1 Å². The first-order valence-corrected chi connectivity index (χ1v) is 9.71. The quantitative estimate of drug-likeness (QED) is 0.659. The highest BCUT2D eigenvalue weighted by molar-refractivity contribution is 7.98. The van der Waals surface area contributed by atoms with Gasteiger partial charge in [-0.25, -0.2) is 9.37 Å². The Morgan fingerprint density at radius 1 is 1.27 bits per heavy atom. The standard InChI is InChI=1S/C19H21FN4OS/c1-25-11-13-4-5-21-14(8-13)12-26-19-22-16-9-15(20)18(10-17(16)23-19)24-6-2-3-7-24/h4-5,8-10H,2-3,6-7,11-12H2,1H3,(H,22,23). The molecule has 0 bridgehead atoms. The van der Waals surface area contributed by atoms with Gasteiger partial charge in [-0.2, -0.15) is 0 Å². The summed E-state index contributed by atoms with van der Waals surface area (Å²) in [6, 6.07) is 7.39. The fourth-order valence-corrected chi connectivity index (χ4v) is 4.06. The Morgan fingerprint density at radius 2 is 2.12 bits per heavy atom. The molecule has 0 atom stereocenters. The van der Waals surface area contributed by atoms with Crippen LogP contribution in [0.2, 0.25) is 0 Å². The van der Waals surface area contributed by atoms with Gasteiger partial charge in [-0.3, -0.25) is 4.98 Å². The van der Waals surface area contributed by atoms with Crippen molar-refractivity contribution in [2.45, 2.75) is 30.4 Å². The molecule has 0 unspecified atom stereocenters. The number of H-pyrrole nitrogens is 1. The van der Waals surface area contributed by atoms with Gasteiger partial charge < -0.3 is 14.6 Å². The molecule has 1 saturated heterocycles. The number of fused-ring (bicyclic) bond motifs is 1.